The van der Waals surface area contributed by atoms with Crippen LogP contribution < -0.4 is 5.56 Å². The molecular weight excluding hydrogens is 350 g/mol. The van der Waals surface area contributed by atoms with Gasteiger partial charge in [0.15, 0.2) is 0 Å². The van der Waals surface area contributed by atoms with E-state index in [0.29, 0.717) is 12.2 Å². The minimum Gasteiger partial charge on any atom is -0.336 e. The predicted octanol–water partition coefficient (Wildman–Crippen LogP) is 2.44. The van der Waals surface area contributed by atoms with E-state index in [2.05, 4.69) is 13.8 Å². The standard InChI is InChI=1S/C18H15N5O2S/c1-22(11-12-7-8-14-15(9-12)21-26-20-14)18(25)16-10-17(24)23(19-16)13-5-3-2-4-6-13/h2-10,19H,11H2,1H3. The second-order valence-corrected chi connectivity index (χ2v) is 6.46. The molecule has 0 radical (unpaired) electrons. The first-order valence-corrected chi connectivity index (χ1v) is 8.69. The molecule has 0 unspecified atom stereocenters. The summed E-state index contributed by atoms with van der Waals surface area (Å²) in [5.74, 6) is -0.256. The number of hydrogen-bond donors (Lipinski definition) is 1. The fourth-order valence-corrected chi connectivity index (χ4v) is 3.27. The van der Waals surface area contributed by atoms with Gasteiger partial charge in [-0.15, -0.1) is 0 Å². The van der Waals surface area contributed by atoms with Crippen LogP contribution >= 0.6 is 11.7 Å². The van der Waals surface area contributed by atoms with Gasteiger partial charge in [0.05, 0.1) is 17.4 Å². The van der Waals surface area contributed by atoms with Crippen molar-refractivity contribution in [1.82, 2.24) is 23.4 Å². The van der Waals surface area contributed by atoms with Crippen molar-refractivity contribution < 1.29 is 4.79 Å². The summed E-state index contributed by atoms with van der Waals surface area (Å²) in [6.07, 6.45) is 0. The fraction of sp³-hybridized carbons (Fsp3) is 0.111. The fourth-order valence-electron chi connectivity index (χ4n) is 2.75. The van der Waals surface area contributed by atoms with Gasteiger partial charge in [-0.3, -0.25) is 14.7 Å². The Balaban J connectivity index is 1.56. The number of hydrogen-bond acceptors (Lipinski definition) is 5. The molecule has 2 aromatic heterocycles. The highest BCUT2D eigenvalue weighted by Gasteiger charge is 2.17. The molecule has 7 nitrogen and oxygen atoms in total. The second-order valence-electron chi connectivity index (χ2n) is 5.93. The molecule has 8 heteroatoms. The third kappa shape index (κ3) is 3.02. The first-order valence-electron chi connectivity index (χ1n) is 7.96. The molecule has 2 heterocycles. The summed E-state index contributed by atoms with van der Waals surface area (Å²) in [4.78, 5) is 26.4. The summed E-state index contributed by atoms with van der Waals surface area (Å²) in [6, 6.07) is 16.2. The number of H-pyrrole nitrogens is 1. The number of fused-ring (bicyclic) bond motifs is 1. The molecule has 0 saturated carbocycles. The maximum absolute atomic E-state index is 12.7. The Bertz CT molecular complexity index is 1130. The van der Waals surface area contributed by atoms with Crippen LogP contribution in [0.25, 0.3) is 16.7 Å². The van der Waals surface area contributed by atoms with E-state index in [4.69, 9.17) is 0 Å². The lowest BCUT2D eigenvalue weighted by atomic mass is 10.2. The van der Waals surface area contributed by atoms with Gasteiger partial charge in [-0.25, -0.2) is 4.68 Å². The lowest BCUT2D eigenvalue weighted by Gasteiger charge is -2.16. The summed E-state index contributed by atoms with van der Waals surface area (Å²) in [5, 5.41) is 2.88. The highest BCUT2D eigenvalue weighted by molar-refractivity contribution is 7.00. The SMILES string of the molecule is CN(Cc1ccc2nsnc2c1)C(=O)c1cc(=O)n(-c2ccccc2)[nH]1. The number of carbonyl (C=O) groups is 1. The smallest absolute Gasteiger partial charge is 0.271 e. The van der Waals surface area contributed by atoms with E-state index in [-0.39, 0.29) is 17.2 Å². The third-order valence-corrected chi connectivity index (χ3v) is 4.61. The molecule has 0 spiro atoms. The molecule has 0 aliphatic rings. The Morgan fingerprint density at radius 1 is 1.12 bits per heavy atom. The Labute approximate surface area is 152 Å². The average molecular weight is 365 g/mol. The largest absolute Gasteiger partial charge is 0.336 e. The summed E-state index contributed by atoms with van der Waals surface area (Å²) >= 11 is 1.16. The van der Waals surface area contributed by atoms with Crippen molar-refractivity contribution in [3.8, 4) is 5.69 Å². The van der Waals surface area contributed by atoms with Crippen LogP contribution in [-0.2, 0) is 6.54 Å². The molecule has 4 aromatic rings. The molecule has 0 fully saturated rings. The van der Waals surface area contributed by atoms with Crippen molar-refractivity contribution in [1.29, 1.82) is 0 Å². The second kappa shape index (κ2) is 6.57. The van der Waals surface area contributed by atoms with Crippen LogP contribution in [0.15, 0.2) is 59.4 Å². The van der Waals surface area contributed by atoms with E-state index in [1.54, 1.807) is 24.1 Å². The van der Waals surface area contributed by atoms with Crippen LogP contribution in [0.5, 0.6) is 0 Å². The van der Waals surface area contributed by atoms with E-state index >= 15 is 0 Å². The van der Waals surface area contributed by atoms with Crippen molar-refractivity contribution in [2.24, 2.45) is 0 Å². The monoisotopic (exact) mass is 365 g/mol. The number of carbonyl (C=O) groups excluding carboxylic acids is 1. The molecule has 4 rings (SSSR count). The number of aromatic nitrogens is 4. The summed E-state index contributed by atoms with van der Waals surface area (Å²) in [7, 11) is 1.70. The van der Waals surface area contributed by atoms with Crippen molar-refractivity contribution in [2.75, 3.05) is 7.05 Å². The highest BCUT2D eigenvalue weighted by atomic mass is 32.1. The Morgan fingerprint density at radius 2 is 1.88 bits per heavy atom. The number of amides is 1. The number of nitrogens with zero attached hydrogens (tertiary/aromatic N) is 4. The maximum atomic E-state index is 12.7. The summed E-state index contributed by atoms with van der Waals surface area (Å²) < 4.78 is 9.74. The normalized spacial score (nSPS) is 11.0. The molecule has 2 aromatic carbocycles. The third-order valence-electron chi connectivity index (χ3n) is 4.05. The number of benzene rings is 2. The van der Waals surface area contributed by atoms with Crippen molar-refractivity contribution >= 4 is 28.7 Å². The van der Waals surface area contributed by atoms with Gasteiger partial charge in [0.25, 0.3) is 11.5 Å². The van der Waals surface area contributed by atoms with Gasteiger partial charge in [-0.1, -0.05) is 24.3 Å². The van der Waals surface area contributed by atoms with Crippen LogP contribution in [0.3, 0.4) is 0 Å². The van der Waals surface area contributed by atoms with Crippen LogP contribution in [0.4, 0.5) is 0 Å². The minimum atomic E-state index is -0.275. The number of rotatable bonds is 4. The van der Waals surface area contributed by atoms with Crippen LogP contribution in [-0.4, -0.2) is 36.4 Å². The zero-order chi connectivity index (χ0) is 18.1. The van der Waals surface area contributed by atoms with Crippen LogP contribution in [0, 0.1) is 0 Å². The predicted molar refractivity (Wildman–Crippen MR) is 99.6 cm³/mol. The number of nitrogens with one attached hydrogen (secondary N) is 1. The van der Waals surface area contributed by atoms with Gasteiger partial charge in [0.1, 0.15) is 16.7 Å². The summed E-state index contributed by atoms with van der Waals surface area (Å²) in [5.41, 5.74) is 3.27. The molecule has 0 bridgehead atoms. The molecule has 130 valence electrons. The van der Waals surface area contributed by atoms with Gasteiger partial charge >= 0.3 is 0 Å². The minimum absolute atomic E-state index is 0.248. The maximum Gasteiger partial charge on any atom is 0.271 e. The lowest BCUT2D eigenvalue weighted by Crippen LogP contribution is -2.26. The molecular formula is C18H15N5O2S. The van der Waals surface area contributed by atoms with Crippen molar-refractivity contribution in [3.63, 3.8) is 0 Å². The molecule has 0 aliphatic carbocycles. The number of aromatic amines is 1. The van der Waals surface area contributed by atoms with E-state index in [1.807, 2.05) is 36.4 Å². The lowest BCUT2D eigenvalue weighted by molar-refractivity contribution is 0.0779. The van der Waals surface area contributed by atoms with Gasteiger partial charge < -0.3 is 4.90 Å². The number of para-hydroxylation sites is 1. The van der Waals surface area contributed by atoms with Gasteiger partial charge in [-0.2, -0.15) is 8.75 Å². The van der Waals surface area contributed by atoms with Gasteiger partial charge in [0.2, 0.25) is 0 Å². The molecule has 0 atom stereocenters. The Morgan fingerprint density at radius 3 is 2.69 bits per heavy atom. The van der Waals surface area contributed by atoms with E-state index in [0.717, 1.165) is 28.3 Å². The van der Waals surface area contributed by atoms with Crippen LogP contribution in [0.1, 0.15) is 16.1 Å². The van der Waals surface area contributed by atoms with E-state index < -0.39 is 0 Å². The van der Waals surface area contributed by atoms with Crippen molar-refractivity contribution in [3.05, 3.63) is 76.2 Å². The first-order chi connectivity index (χ1) is 12.6. The van der Waals surface area contributed by atoms with E-state index in [1.165, 1.54) is 10.7 Å². The van der Waals surface area contributed by atoms with Gasteiger partial charge in [-0.05, 0) is 29.8 Å². The Hall–Kier alpha value is -3.26. The highest BCUT2D eigenvalue weighted by Crippen LogP contribution is 2.15. The molecule has 0 saturated heterocycles. The Kier molecular flexibility index (Phi) is 4.10. The van der Waals surface area contributed by atoms with E-state index in [9.17, 15) is 9.59 Å². The topological polar surface area (TPSA) is 83.9 Å². The first kappa shape index (κ1) is 16.2. The molecule has 26 heavy (non-hydrogen) atoms. The summed E-state index contributed by atoms with van der Waals surface area (Å²) in [6.45, 7) is 0.408. The van der Waals surface area contributed by atoms with Crippen molar-refractivity contribution in [2.45, 2.75) is 6.54 Å². The average Bonchev–Trinajstić information content (AvgIpc) is 3.27. The quantitative estimate of drug-likeness (QED) is 0.602. The zero-order valence-electron chi connectivity index (χ0n) is 13.9. The van der Waals surface area contributed by atoms with Crippen LogP contribution in [0.2, 0.25) is 0 Å². The zero-order valence-corrected chi connectivity index (χ0v) is 14.7. The van der Waals surface area contributed by atoms with Gasteiger partial charge in [0, 0.05) is 19.7 Å². The molecule has 0 aliphatic heterocycles. The molecule has 1 N–H and O–H groups in total. The molecule has 1 amide bonds.